The van der Waals surface area contributed by atoms with Crippen molar-refractivity contribution in [3.05, 3.63) is 140 Å². The lowest BCUT2D eigenvalue weighted by Crippen LogP contribution is -2.28. The zero-order chi connectivity index (χ0) is 32.3. The Balaban J connectivity index is 1.41. The summed E-state index contributed by atoms with van der Waals surface area (Å²) in [5, 5.41) is 3.11. The molecule has 232 valence electrons. The number of benzene rings is 6. The van der Waals surface area contributed by atoms with Gasteiger partial charge in [0.15, 0.2) is 0 Å². The zero-order valence-corrected chi connectivity index (χ0v) is 25.2. The highest BCUT2D eigenvalue weighted by Gasteiger charge is 2.48. The van der Waals surface area contributed by atoms with Crippen LogP contribution in [0.3, 0.4) is 0 Å². The van der Waals surface area contributed by atoms with Gasteiger partial charge in [-0.15, -0.1) is 0 Å². The number of furan rings is 1. The van der Waals surface area contributed by atoms with Gasteiger partial charge in [0.2, 0.25) is 0 Å². The third-order valence-corrected chi connectivity index (χ3v) is 9.09. The SMILES string of the molecule is O=S(=O)(Oc1cc(-n2c3ccccc3c3ccccc32)c2c(c1)oc1cc(N(c3ccccc3)c3ccccc3)ccc12)C(F)(F)F. The molecule has 0 aliphatic rings. The second-order valence-electron chi connectivity index (χ2n) is 11.0. The van der Waals surface area contributed by atoms with Crippen LogP contribution in [0.15, 0.2) is 144 Å². The minimum absolute atomic E-state index is 0.162. The van der Waals surface area contributed by atoms with Gasteiger partial charge in [0.05, 0.1) is 22.1 Å². The second-order valence-corrected chi connectivity index (χ2v) is 12.5. The summed E-state index contributed by atoms with van der Waals surface area (Å²) in [5.41, 5.74) is -0.447. The largest absolute Gasteiger partial charge is 0.534 e. The van der Waals surface area contributed by atoms with E-state index in [1.165, 1.54) is 12.1 Å². The van der Waals surface area contributed by atoms with Gasteiger partial charge in [-0.25, -0.2) is 0 Å². The van der Waals surface area contributed by atoms with Crippen LogP contribution < -0.4 is 9.08 Å². The molecule has 0 aliphatic carbocycles. The summed E-state index contributed by atoms with van der Waals surface area (Å²) in [6.45, 7) is 0. The molecule has 0 aliphatic heterocycles. The number of rotatable bonds is 6. The van der Waals surface area contributed by atoms with E-state index >= 15 is 0 Å². The fourth-order valence-corrected chi connectivity index (χ4v) is 6.61. The number of hydrogen-bond donors (Lipinski definition) is 0. The molecule has 0 unspecified atom stereocenters. The highest BCUT2D eigenvalue weighted by Crippen LogP contribution is 2.43. The first-order valence-corrected chi connectivity index (χ1v) is 16.0. The van der Waals surface area contributed by atoms with Crippen molar-refractivity contribution in [2.75, 3.05) is 4.90 Å². The molecule has 6 nitrogen and oxygen atoms in total. The molecule has 6 aromatic carbocycles. The summed E-state index contributed by atoms with van der Waals surface area (Å²) in [4.78, 5) is 2.06. The maximum absolute atomic E-state index is 13.4. The Morgan fingerprint density at radius 3 is 1.72 bits per heavy atom. The highest BCUT2D eigenvalue weighted by atomic mass is 32.2. The topological polar surface area (TPSA) is 64.7 Å². The maximum atomic E-state index is 13.4. The molecule has 2 aromatic heterocycles. The Morgan fingerprint density at radius 2 is 1.15 bits per heavy atom. The van der Waals surface area contributed by atoms with Gasteiger partial charge < -0.3 is 18.1 Å². The number of fused-ring (bicyclic) bond motifs is 6. The number of para-hydroxylation sites is 4. The standard InChI is InChI=1S/C37H23F3N2O4S/c38-37(39,40)47(43,44)46-27-22-33(42-31-17-9-7-15-28(31)29-16-8-10-18-32(29)42)36-30-20-19-26(21-34(30)45-35(36)23-27)41(24-11-3-1-4-12-24)25-13-5-2-6-14-25/h1-23H. The lowest BCUT2D eigenvalue weighted by Gasteiger charge is -2.25. The number of alkyl halides is 3. The molecule has 47 heavy (non-hydrogen) atoms. The zero-order valence-electron chi connectivity index (χ0n) is 24.3. The first-order chi connectivity index (χ1) is 22.7. The minimum atomic E-state index is -5.96. The summed E-state index contributed by atoms with van der Waals surface area (Å²) in [6, 6.07) is 43.1. The molecule has 0 atom stereocenters. The molecule has 0 fully saturated rings. The Kier molecular flexibility index (Phi) is 6.52. The first kappa shape index (κ1) is 28.7. The average molecular weight is 649 g/mol. The number of aromatic nitrogens is 1. The summed E-state index contributed by atoms with van der Waals surface area (Å²) >= 11 is 0. The van der Waals surface area contributed by atoms with Gasteiger partial charge in [-0.3, -0.25) is 0 Å². The van der Waals surface area contributed by atoms with Crippen molar-refractivity contribution in [2.24, 2.45) is 0 Å². The highest BCUT2D eigenvalue weighted by molar-refractivity contribution is 7.88. The molecule has 0 bridgehead atoms. The summed E-state index contributed by atoms with van der Waals surface area (Å²) in [7, 11) is -5.96. The molecule has 8 aromatic rings. The number of hydrogen-bond acceptors (Lipinski definition) is 5. The summed E-state index contributed by atoms with van der Waals surface area (Å²) in [5.74, 6) is -0.527. The van der Waals surface area contributed by atoms with Crippen molar-refractivity contribution in [3.8, 4) is 11.4 Å². The van der Waals surface area contributed by atoms with Crippen LogP contribution in [0.25, 0.3) is 49.4 Å². The normalized spacial score (nSPS) is 12.3. The second kappa shape index (κ2) is 10.7. The van der Waals surface area contributed by atoms with Crippen LogP contribution >= 0.6 is 0 Å². The first-order valence-electron chi connectivity index (χ1n) is 14.6. The third kappa shape index (κ3) is 4.76. The van der Waals surface area contributed by atoms with Crippen molar-refractivity contribution in [1.82, 2.24) is 4.57 Å². The molecule has 10 heteroatoms. The van der Waals surface area contributed by atoms with Crippen molar-refractivity contribution in [2.45, 2.75) is 5.51 Å². The lowest BCUT2D eigenvalue weighted by atomic mass is 10.1. The van der Waals surface area contributed by atoms with E-state index < -0.39 is 21.4 Å². The summed E-state index contributed by atoms with van der Waals surface area (Å²) in [6.07, 6.45) is 0. The van der Waals surface area contributed by atoms with E-state index in [-0.39, 0.29) is 5.58 Å². The predicted molar refractivity (Wildman–Crippen MR) is 178 cm³/mol. The smallest absolute Gasteiger partial charge is 0.456 e. The molecular weight excluding hydrogens is 625 g/mol. The van der Waals surface area contributed by atoms with E-state index in [1.54, 1.807) is 0 Å². The van der Waals surface area contributed by atoms with Crippen LogP contribution in [0.5, 0.6) is 5.75 Å². The van der Waals surface area contributed by atoms with E-state index in [9.17, 15) is 21.6 Å². The summed E-state index contributed by atoms with van der Waals surface area (Å²) < 4.78 is 77.5. The Bertz CT molecular complexity index is 2470. The van der Waals surface area contributed by atoms with Gasteiger partial charge in [0, 0.05) is 51.4 Å². The third-order valence-electron chi connectivity index (χ3n) is 8.11. The fourth-order valence-electron chi connectivity index (χ4n) is 6.17. The average Bonchev–Trinajstić information content (AvgIpc) is 3.60. The molecule has 0 spiro atoms. The predicted octanol–water partition coefficient (Wildman–Crippen LogP) is 10.4. The lowest BCUT2D eigenvalue weighted by molar-refractivity contribution is -0.0500. The minimum Gasteiger partial charge on any atom is -0.456 e. The van der Waals surface area contributed by atoms with E-state index in [1.807, 2.05) is 132 Å². The molecule has 0 saturated carbocycles. The molecule has 0 radical (unpaired) electrons. The van der Waals surface area contributed by atoms with Crippen molar-refractivity contribution >= 4 is 70.9 Å². The van der Waals surface area contributed by atoms with Gasteiger partial charge in [0.25, 0.3) is 0 Å². The number of halogens is 3. The quantitative estimate of drug-likeness (QED) is 0.133. The van der Waals surface area contributed by atoms with E-state index in [0.29, 0.717) is 22.0 Å². The van der Waals surface area contributed by atoms with Gasteiger partial charge in [-0.2, -0.15) is 21.6 Å². The molecule has 2 heterocycles. The van der Waals surface area contributed by atoms with Crippen molar-refractivity contribution in [3.63, 3.8) is 0 Å². The van der Waals surface area contributed by atoms with Crippen LogP contribution in [0.2, 0.25) is 0 Å². The molecule has 0 amide bonds. The van der Waals surface area contributed by atoms with Crippen molar-refractivity contribution in [1.29, 1.82) is 0 Å². The molecular formula is C37H23F3N2O4S. The van der Waals surface area contributed by atoms with E-state index in [2.05, 4.69) is 9.08 Å². The Hall–Kier alpha value is -5.74. The Morgan fingerprint density at radius 1 is 0.596 bits per heavy atom. The van der Waals surface area contributed by atoms with Gasteiger partial charge in [0.1, 0.15) is 16.9 Å². The van der Waals surface area contributed by atoms with Crippen LogP contribution in [0, 0.1) is 0 Å². The van der Waals surface area contributed by atoms with Crippen LogP contribution in [0.1, 0.15) is 0 Å². The molecule has 0 saturated heterocycles. The van der Waals surface area contributed by atoms with Crippen LogP contribution in [-0.4, -0.2) is 18.5 Å². The molecule has 0 N–H and O–H groups in total. The van der Waals surface area contributed by atoms with E-state index in [0.717, 1.165) is 38.9 Å². The maximum Gasteiger partial charge on any atom is 0.534 e. The number of anilines is 3. The van der Waals surface area contributed by atoms with Gasteiger partial charge in [-0.05, 0) is 48.5 Å². The van der Waals surface area contributed by atoms with E-state index in [4.69, 9.17) is 4.42 Å². The number of nitrogens with zero attached hydrogens (tertiary/aromatic N) is 2. The van der Waals surface area contributed by atoms with Crippen molar-refractivity contribution < 1.29 is 30.2 Å². The van der Waals surface area contributed by atoms with Crippen LogP contribution in [-0.2, 0) is 10.1 Å². The van der Waals surface area contributed by atoms with Gasteiger partial charge in [-0.1, -0.05) is 72.8 Å². The monoisotopic (exact) mass is 648 g/mol. The van der Waals surface area contributed by atoms with Crippen LogP contribution in [0.4, 0.5) is 30.2 Å². The molecule has 8 rings (SSSR count). The fraction of sp³-hybridized carbons (Fsp3) is 0.0270. The van der Waals surface area contributed by atoms with Gasteiger partial charge >= 0.3 is 15.6 Å². The Labute approximate surface area is 266 Å².